The van der Waals surface area contributed by atoms with E-state index in [2.05, 4.69) is 4.90 Å². The number of likely N-dealkylation sites (tertiary alicyclic amines) is 1. The van der Waals surface area contributed by atoms with Gasteiger partial charge in [0.05, 0.1) is 13.0 Å². The Bertz CT molecular complexity index is 520. The molecule has 0 saturated carbocycles. The summed E-state index contributed by atoms with van der Waals surface area (Å²) in [5.41, 5.74) is 0.883. The Labute approximate surface area is 124 Å². The van der Waals surface area contributed by atoms with Crippen molar-refractivity contribution >= 4 is 5.97 Å². The molecule has 3 unspecified atom stereocenters. The number of hydrogen-bond acceptors (Lipinski definition) is 3. The number of halogens is 1. The molecule has 1 N–H and O–H groups in total. The number of piperidine rings is 1. The van der Waals surface area contributed by atoms with E-state index in [0.29, 0.717) is 19.4 Å². The number of benzene rings is 1. The summed E-state index contributed by atoms with van der Waals surface area (Å²) >= 11 is 0. The minimum atomic E-state index is -0.718. The first-order chi connectivity index (χ1) is 9.93. The lowest BCUT2D eigenvalue weighted by Gasteiger charge is -2.40. The number of hydrogen-bond donors (Lipinski definition) is 1. The molecule has 1 fully saturated rings. The van der Waals surface area contributed by atoms with Crippen molar-refractivity contribution in [3.8, 4) is 5.75 Å². The summed E-state index contributed by atoms with van der Waals surface area (Å²) in [5, 5.41) is 9.11. The summed E-state index contributed by atoms with van der Waals surface area (Å²) in [7, 11) is 1.44. The van der Waals surface area contributed by atoms with Gasteiger partial charge >= 0.3 is 5.97 Å². The third-order valence-electron chi connectivity index (χ3n) is 4.43. The predicted octanol–water partition coefficient (Wildman–Crippen LogP) is 3.08. The monoisotopic (exact) mass is 295 g/mol. The third kappa shape index (κ3) is 3.35. The van der Waals surface area contributed by atoms with E-state index in [4.69, 9.17) is 9.84 Å². The van der Waals surface area contributed by atoms with Gasteiger partial charge in [-0.25, -0.2) is 4.39 Å². The molecule has 1 aliphatic rings. The molecule has 1 aliphatic heterocycles. The van der Waals surface area contributed by atoms with Crippen molar-refractivity contribution in [1.82, 2.24) is 4.90 Å². The predicted molar refractivity (Wildman–Crippen MR) is 77.9 cm³/mol. The van der Waals surface area contributed by atoms with E-state index >= 15 is 0 Å². The molecule has 116 valence electrons. The van der Waals surface area contributed by atoms with Crippen molar-refractivity contribution in [2.75, 3.05) is 13.7 Å². The maximum atomic E-state index is 13.8. The molecule has 0 aliphatic carbocycles. The SMILES string of the molecule is COc1ccc(C(C)N2CCC(C(=O)O)CC2C)cc1F. The van der Waals surface area contributed by atoms with E-state index in [1.54, 1.807) is 6.07 Å². The van der Waals surface area contributed by atoms with Crippen LogP contribution in [0.25, 0.3) is 0 Å². The molecule has 1 aromatic rings. The second-order valence-electron chi connectivity index (χ2n) is 5.72. The lowest BCUT2D eigenvalue weighted by Crippen LogP contribution is -2.43. The first-order valence-electron chi connectivity index (χ1n) is 7.26. The Morgan fingerprint density at radius 1 is 1.52 bits per heavy atom. The van der Waals surface area contributed by atoms with Gasteiger partial charge in [-0.1, -0.05) is 6.07 Å². The Kier molecular flexibility index (Phi) is 4.83. The Morgan fingerprint density at radius 3 is 2.76 bits per heavy atom. The quantitative estimate of drug-likeness (QED) is 0.927. The van der Waals surface area contributed by atoms with Gasteiger partial charge in [0, 0.05) is 12.1 Å². The zero-order valence-electron chi connectivity index (χ0n) is 12.7. The van der Waals surface area contributed by atoms with Crippen LogP contribution in [-0.2, 0) is 4.79 Å². The molecule has 0 spiro atoms. The fourth-order valence-electron chi connectivity index (χ4n) is 3.12. The summed E-state index contributed by atoms with van der Waals surface area (Å²) in [4.78, 5) is 13.3. The zero-order chi connectivity index (χ0) is 15.6. The first-order valence-corrected chi connectivity index (χ1v) is 7.26. The van der Waals surface area contributed by atoms with Crippen LogP contribution in [0.1, 0.15) is 38.3 Å². The van der Waals surface area contributed by atoms with Crippen molar-refractivity contribution in [1.29, 1.82) is 0 Å². The number of methoxy groups -OCH3 is 1. The summed E-state index contributed by atoms with van der Waals surface area (Å²) < 4.78 is 18.8. The van der Waals surface area contributed by atoms with Crippen molar-refractivity contribution < 1.29 is 19.0 Å². The highest BCUT2D eigenvalue weighted by Crippen LogP contribution is 2.32. The highest BCUT2D eigenvalue weighted by molar-refractivity contribution is 5.70. The van der Waals surface area contributed by atoms with Crippen LogP contribution >= 0.6 is 0 Å². The smallest absolute Gasteiger partial charge is 0.306 e. The van der Waals surface area contributed by atoms with Crippen molar-refractivity contribution in [3.05, 3.63) is 29.6 Å². The van der Waals surface area contributed by atoms with Crippen LogP contribution < -0.4 is 4.74 Å². The molecule has 3 atom stereocenters. The van der Waals surface area contributed by atoms with Gasteiger partial charge in [-0.3, -0.25) is 9.69 Å². The van der Waals surface area contributed by atoms with E-state index < -0.39 is 5.97 Å². The second-order valence-corrected chi connectivity index (χ2v) is 5.72. The normalized spacial score (nSPS) is 24.6. The van der Waals surface area contributed by atoms with Gasteiger partial charge in [0.25, 0.3) is 0 Å². The maximum Gasteiger partial charge on any atom is 0.306 e. The fourth-order valence-corrected chi connectivity index (χ4v) is 3.12. The molecule has 2 rings (SSSR count). The summed E-state index contributed by atoms with van der Waals surface area (Å²) in [6, 6.07) is 5.22. The van der Waals surface area contributed by atoms with Crippen LogP contribution in [0.5, 0.6) is 5.75 Å². The van der Waals surface area contributed by atoms with Crippen LogP contribution in [0.4, 0.5) is 4.39 Å². The van der Waals surface area contributed by atoms with Crippen LogP contribution in [0, 0.1) is 11.7 Å². The Balaban J connectivity index is 2.11. The molecule has 1 saturated heterocycles. The number of rotatable bonds is 4. The lowest BCUT2D eigenvalue weighted by atomic mass is 9.89. The van der Waals surface area contributed by atoms with Crippen molar-refractivity contribution in [2.45, 2.75) is 38.8 Å². The highest BCUT2D eigenvalue weighted by atomic mass is 19.1. The van der Waals surface area contributed by atoms with E-state index in [9.17, 15) is 9.18 Å². The molecular formula is C16H22FNO3. The fraction of sp³-hybridized carbons (Fsp3) is 0.562. The van der Waals surface area contributed by atoms with Gasteiger partial charge in [-0.2, -0.15) is 0 Å². The van der Waals surface area contributed by atoms with Crippen molar-refractivity contribution in [3.63, 3.8) is 0 Å². The molecule has 1 aromatic carbocycles. The van der Waals surface area contributed by atoms with Crippen LogP contribution in [0.3, 0.4) is 0 Å². The number of carbonyl (C=O) groups is 1. The molecule has 0 amide bonds. The van der Waals surface area contributed by atoms with Crippen molar-refractivity contribution in [2.24, 2.45) is 5.92 Å². The first kappa shape index (κ1) is 15.8. The Hall–Kier alpha value is -1.62. The number of ether oxygens (including phenoxy) is 1. The topological polar surface area (TPSA) is 49.8 Å². The van der Waals surface area contributed by atoms with Crippen LogP contribution in [0.2, 0.25) is 0 Å². The van der Waals surface area contributed by atoms with Gasteiger partial charge in [0.1, 0.15) is 0 Å². The second kappa shape index (κ2) is 6.43. The number of carboxylic acid groups (broad SMARTS) is 1. The Morgan fingerprint density at radius 2 is 2.24 bits per heavy atom. The standard InChI is InChI=1S/C16H22FNO3/c1-10-8-13(16(19)20)6-7-18(10)11(2)12-4-5-15(21-3)14(17)9-12/h4-5,9-11,13H,6-8H2,1-3H3,(H,19,20). The number of carboxylic acids is 1. The van der Waals surface area contributed by atoms with E-state index in [-0.39, 0.29) is 29.6 Å². The molecule has 4 nitrogen and oxygen atoms in total. The molecule has 0 bridgehead atoms. The molecule has 1 heterocycles. The largest absolute Gasteiger partial charge is 0.494 e. The molecular weight excluding hydrogens is 273 g/mol. The van der Waals surface area contributed by atoms with Crippen LogP contribution in [0.15, 0.2) is 18.2 Å². The van der Waals surface area contributed by atoms with Gasteiger partial charge < -0.3 is 9.84 Å². The third-order valence-corrected chi connectivity index (χ3v) is 4.43. The van der Waals surface area contributed by atoms with Gasteiger partial charge in [0.2, 0.25) is 0 Å². The summed E-state index contributed by atoms with van der Waals surface area (Å²) in [6.45, 7) is 4.78. The average molecular weight is 295 g/mol. The molecule has 21 heavy (non-hydrogen) atoms. The van der Waals surface area contributed by atoms with E-state index in [0.717, 1.165) is 5.56 Å². The number of nitrogens with zero attached hydrogens (tertiary/aromatic N) is 1. The van der Waals surface area contributed by atoms with Crippen LogP contribution in [-0.4, -0.2) is 35.7 Å². The van der Waals surface area contributed by atoms with Gasteiger partial charge in [-0.05, 0) is 50.9 Å². The molecule has 0 aromatic heterocycles. The van der Waals surface area contributed by atoms with E-state index in [1.165, 1.54) is 13.2 Å². The van der Waals surface area contributed by atoms with E-state index in [1.807, 2.05) is 19.9 Å². The van der Waals surface area contributed by atoms with Gasteiger partial charge in [-0.15, -0.1) is 0 Å². The lowest BCUT2D eigenvalue weighted by molar-refractivity contribution is -0.144. The zero-order valence-corrected chi connectivity index (χ0v) is 12.7. The van der Waals surface area contributed by atoms with Gasteiger partial charge in [0.15, 0.2) is 11.6 Å². The minimum Gasteiger partial charge on any atom is -0.494 e. The average Bonchev–Trinajstić information content (AvgIpc) is 2.46. The maximum absolute atomic E-state index is 13.8. The minimum absolute atomic E-state index is 0.0511. The summed E-state index contributed by atoms with van der Waals surface area (Å²) in [5.74, 6) is -1.11. The highest BCUT2D eigenvalue weighted by Gasteiger charge is 2.32. The number of aliphatic carboxylic acids is 1. The molecule has 5 heteroatoms. The summed E-state index contributed by atoms with van der Waals surface area (Å²) in [6.07, 6.45) is 1.28. The molecule has 0 radical (unpaired) electrons.